The average molecular weight is 300 g/mol. The van der Waals surface area contributed by atoms with E-state index < -0.39 is 0 Å². The van der Waals surface area contributed by atoms with Gasteiger partial charge in [-0.3, -0.25) is 0 Å². The Morgan fingerprint density at radius 3 is 2.50 bits per heavy atom. The van der Waals surface area contributed by atoms with Crippen LogP contribution in [0.5, 0.6) is 11.5 Å². The zero-order valence-electron chi connectivity index (χ0n) is 13.2. The highest BCUT2D eigenvalue weighted by Crippen LogP contribution is 2.37. The Balaban J connectivity index is 2.79. The van der Waals surface area contributed by atoms with Crippen LogP contribution in [0.4, 0.5) is 0 Å². The summed E-state index contributed by atoms with van der Waals surface area (Å²) in [5, 5.41) is 3.87. The highest BCUT2D eigenvalue weighted by molar-refractivity contribution is 6.32. The fourth-order valence-corrected chi connectivity index (χ4v) is 2.03. The zero-order chi connectivity index (χ0) is 15.2. The van der Waals surface area contributed by atoms with E-state index in [0.717, 1.165) is 25.1 Å². The minimum Gasteiger partial charge on any atom is -0.493 e. The van der Waals surface area contributed by atoms with Crippen LogP contribution in [0.3, 0.4) is 0 Å². The summed E-state index contributed by atoms with van der Waals surface area (Å²) in [6, 6.07) is 3.90. The summed E-state index contributed by atoms with van der Waals surface area (Å²) in [6.07, 6.45) is 0.964. The highest BCUT2D eigenvalue weighted by Gasteiger charge is 2.14. The fraction of sp³-hybridized carbons (Fsp3) is 0.625. The summed E-state index contributed by atoms with van der Waals surface area (Å²) in [7, 11) is 1.64. The average Bonchev–Trinajstić information content (AvgIpc) is 2.36. The molecule has 4 heteroatoms. The van der Waals surface area contributed by atoms with Gasteiger partial charge in [0.2, 0.25) is 0 Å². The van der Waals surface area contributed by atoms with E-state index in [0.29, 0.717) is 23.1 Å². The van der Waals surface area contributed by atoms with Gasteiger partial charge in [0.15, 0.2) is 11.5 Å². The first-order chi connectivity index (χ1) is 9.37. The van der Waals surface area contributed by atoms with Crippen LogP contribution in [0.2, 0.25) is 5.02 Å². The second kappa shape index (κ2) is 7.75. The molecule has 0 bridgehead atoms. The van der Waals surface area contributed by atoms with Crippen molar-refractivity contribution in [1.29, 1.82) is 0 Å². The Hall–Kier alpha value is -0.930. The molecule has 114 valence electrons. The molecule has 0 radical (unpaired) electrons. The molecule has 0 aliphatic heterocycles. The SMILES string of the molecule is CCNCc1cc(Cl)c(OCCC(C)(C)C)c(OC)c1. The molecule has 3 nitrogen and oxygen atoms in total. The molecule has 1 aromatic rings. The minimum atomic E-state index is 0.241. The number of hydrogen-bond donors (Lipinski definition) is 1. The molecule has 0 aromatic heterocycles. The quantitative estimate of drug-likeness (QED) is 0.815. The topological polar surface area (TPSA) is 30.5 Å². The Kier molecular flexibility index (Phi) is 6.63. The van der Waals surface area contributed by atoms with Gasteiger partial charge in [-0.05, 0) is 36.1 Å². The van der Waals surface area contributed by atoms with Crippen molar-refractivity contribution in [3.8, 4) is 11.5 Å². The predicted molar refractivity (Wildman–Crippen MR) is 85.0 cm³/mol. The third kappa shape index (κ3) is 5.59. The van der Waals surface area contributed by atoms with E-state index in [1.807, 2.05) is 12.1 Å². The first-order valence-corrected chi connectivity index (χ1v) is 7.45. The van der Waals surface area contributed by atoms with Crippen LogP contribution in [0.25, 0.3) is 0 Å². The molecule has 0 atom stereocenters. The lowest BCUT2D eigenvalue weighted by Gasteiger charge is -2.20. The zero-order valence-corrected chi connectivity index (χ0v) is 13.9. The summed E-state index contributed by atoms with van der Waals surface area (Å²) in [4.78, 5) is 0. The second-order valence-corrected chi connectivity index (χ2v) is 6.46. The van der Waals surface area contributed by atoms with Crippen molar-refractivity contribution in [2.75, 3.05) is 20.3 Å². The van der Waals surface area contributed by atoms with Gasteiger partial charge in [-0.2, -0.15) is 0 Å². The number of methoxy groups -OCH3 is 1. The Bertz CT molecular complexity index is 427. The van der Waals surface area contributed by atoms with E-state index in [1.165, 1.54) is 0 Å². The predicted octanol–water partition coefficient (Wildman–Crippen LogP) is 4.27. The summed E-state index contributed by atoms with van der Waals surface area (Å²) in [5.74, 6) is 1.33. The molecular weight excluding hydrogens is 274 g/mol. The van der Waals surface area contributed by atoms with Gasteiger partial charge < -0.3 is 14.8 Å². The molecule has 0 saturated carbocycles. The van der Waals surface area contributed by atoms with Crippen LogP contribution in [0.1, 0.15) is 39.7 Å². The highest BCUT2D eigenvalue weighted by atomic mass is 35.5. The summed E-state index contributed by atoms with van der Waals surface area (Å²) < 4.78 is 11.2. The first kappa shape index (κ1) is 17.1. The Morgan fingerprint density at radius 2 is 1.95 bits per heavy atom. The molecule has 1 N–H and O–H groups in total. The van der Waals surface area contributed by atoms with E-state index in [4.69, 9.17) is 21.1 Å². The molecule has 1 rings (SSSR count). The summed E-state index contributed by atoms with van der Waals surface area (Å²) in [6.45, 7) is 11.0. The van der Waals surface area contributed by atoms with Crippen LogP contribution in [0.15, 0.2) is 12.1 Å². The largest absolute Gasteiger partial charge is 0.493 e. The number of hydrogen-bond acceptors (Lipinski definition) is 3. The van der Waals surface area contributed by atoms with Crippen molar-refractivity contribution in [2.45, 2.75) is 40.7 Å². The van der Waals surface area contributed by atoms with Gasteiger partial charge in [0.1, 0.15) is 0 Å². The maximum absolute atomic E-state index is 6.31. The van der Waals surface area contributed by atoms with E-state index >= 15 is 0 Å². The van der Waals surface area contributed by atoms with Crippen molar-refractivity contribution >= 4 is 11.6 Å². The Morgan fingerprint density at radius 1 is 1.25 bits per heavy atom. The van der Waals surface area contributed by atoms with Gasteiger partial charge in [0, 0.05) is 6.54 Å². The van der Waals surface area contributed by atoms with E-state index in [-0.39, 0.29) is 5.41 Å². The molecule has 0 aliphatic rings. The van der Waals surface area contributed by atoms with Gasteiger partial charge in [-0.15, -0.1) is 0 Å². The Labute approximate surface area is 127 Å². The fourth-order valence-electron chi connectivity index (χ4n) is 1.74. The standard InChI is InChI=1S/C16H26ClNO2/c1-6-18-11-12-9-13(17)15(14(10-12)19-5)20-8-7-16(2,3)4/h9-10,18H,6-8,11H2,1-5H3. The van der Waals surface area contributed by atoms with Gasteiger partial charge in [-0.25, -0.2) is 0 Å². The van der Waals surface area contributed by atoms with Gasteiger partial charge in [0.25, 0.3) is 0 Å². The lowest BCUT2D eigenvalue weighted by atomic mass is 9.93. The molecule has 1 aromatic carbocycles. The van der Waals surface area contributed by atoms with Crippen molar-refractivity contribution in [2.24, 2.45) is 5.41 Å². The van der Waals surface area contributed by atoms with Crippen molar-refractivity contribution in [1.82, 2.24) is 5.32 Å². The van der Waals surface area contributed by atoms with E-state index in [2.05, 4.69) is 33.0 Å². The van der Waals surface area contributed by atoms with Crippen molar-refractivity contribution < 1.29 is 9.47 Å². The number of halogens is 1. The number of benzene rings is 1. The van der Waals surface area contributed by atoms with Crippen LogP contribution in [-0.2, 0) is 6.54 Å². The molecule has 0 spiro atoms. The molecule has 0 aliphatic carbocycles. The van der Waals surface area contributed by atoms with Crippen LogP contribution >= 0.6 is 11.6 Å². The second-order valence-electron chi connectivity index (χ2n) is 6.05. The van der Waals surface area contributed by atoms with Crippen LogP contribution < -0.4 is 14.8 Å². The first-order valence-electron chi connectivity index (χ1n) is 7.07. The third-order valence-corrected chi connectivity index (χ3v) is 3.25. The minimum absolute atomic E-state index is 0.241. The molecule has 0 amide bonds. The molecule has 0 unspecified atom stereocenters. The van der Waals surface area contributed by atoms with Crippen molar-refractivity contribution in [3.63, 3.8) is 0 Å². The van der Waals surface area contributed by atoms with Gasteiger partial charge in [-0.1, -0.05) is 39.3 Å². The monoisotopic (exact) mass is 299 g/mol. The van der Waals surface area contributed by atoms with Gasteiger partial charge in [0.05, 0.1) is 18.7 Å². The lowest BCUT2D eigenvalue weighted by molar-refractivity contribution is 0.234. The summed E-state index contributed by atoms with van der Waals surface area (Å²) in [5.41, 5.74) is 1.34. The number of nitrogens with one attached hydrogen (secondary N) is 1. The summed E-state index contributed by atoms with van der Waals surface area (Å²) >= 11 is 6.31. The normalized spacial score (nSPS) is 11.5. The molecule has 20 heavy (non-hydrogen) atoms. The number of rotatable bonds is 7. The van der Waals surface area contributed by atoms with Crippen LogP contribution in [-0.4, -0.2) is 20.3 Å². The van der Waals surface area contributed by atoms with Crippen LogP contribution in [0, 0.1) is 5.41 Å². The lowest BCUT2D eigenvalue weighted by Crippen LogP contribution is -2.13. The van der Waals surface area contributed by atoms with E-state index in [1.54, 1.807) is 7.11 Å². The maximum atomic E-state index is 6.31. The van der Waals surface area contributed by atoms with E-state index in [9.17, 15) is 0 Å². The molecular formula is C16H26ClNO2. The van der Waals surface area contributed by atoms with Gasteiger partial charge >= 0.3 is 0 Å². The smallest absolute Gasteiger partial charge is 0.179 e. The van der Waals surface area contributed by atoms with Crippen molar-refractivity contribution in [3.05, 3.63) is 22.7 Å². The molecule has 0 saturated heterocycles. The molecule has 0 fully saturated rings. The molecule has 0 heterocycles. The number of ether oxygens (including phenoxy) is 2. The maximum Gasteiger partial charge on any atom is 0.179 e. The third-order valence-electron chi connectivity index (χ3n) is 2.97.